The normalized spacial score (nSPS) is 16.0. The average Bonchev–Trinajstić information content (AvgIpc) is 2.79. The minimum atomic E-state index is -2.46. The van der Waals surface area contributed by atoms with Gasteiger partial charge in [0, 0.05) is 27.3 Å². The fourth-order valence-corrected chi connectivity index (χ4v) is 4.74. The Bertz CT molecular complexity index is 744. The first-order valence-corrected chi connectivity index (χ1v) is 12.4. The van der Waals surface area contributed by atoms with Crippen LogP contribution >= 0.6 is 25.3 Å². The molecule has 8 nitrogen and oxygen atoms in total. The molecule has 0 saturated heterocycles. The SMILES string of the molecule is CCCCCc1c(S)c(S)c(C(O)C(O)CO)c(C(O)C(O)CO)c1C(O)(O)CCCCC. The second-order valence-corrected chi connectivity index (χ2v) is 9.39. The molecule has 4 unspecified atom stereocenters. The molecule has 10 heteroatoms. The zero-order valence-corrected chi connectivity index (χ0v) is 21.1. The van der Waals surface area contributed by atoms with Crippen molar-refractivity contribution in [3.63, 3.8) is 0 Å². The molecule has 1 aromatic rings. The largest absolute Gasteiger partial charge is 0.394 e. The molecule has 33 heavy (non-hydrogen) atoms. The summed E-state index contributed by atoms with van der Waals surface area (Å²) in [5.41, 5.74) is -0.168. The number of thiol groups is 2. The van der Waals surface area contributed by atoms with Gasteiger partial charge in [0.2, 0.25) is 0 Å². The Hall–Kier alpha value is -0.400. The Kier molecular flexibility index (Phi) is 13.2. The molecular weight excluding hydrogens is 468 g/mol. The van der Waals surface area contributed by atoms with E-state index in [9.17, 15) is 40.9 Å². The monoisotopic (exact) mass is 508 g/mol. The first kappa shape index (κ1) is 30.6. The summed E-state index contributed by atoms with van der Waals surface area (Å²) in [7, 11) is 0. The van der Waals surface area contributed by atoms with Crippen LogP contribution in [-0.4, -0.2) is 66.3 Å². The van der Waals surface area contributed by atoms with Crippen molar-refractivity contribution >= 4 is 25.3 Å². The van der Waals surface area contributed by atoms with Gasteiger partial charge >= 0.3 is 0 Å². The molecule has 0 aliphatic heterocycles. The van der Waals surface area contributed by atoms with E-state index in [4.69, 9.17) is 0 Å². The summed E-state index contributed by atoms with van der Waals surface area (Å²) in [5.74, 6) is -2.46. The van der Waals surface area contributed by atoms with Crippen LogP contribution in [0.4, 0.5) is 0 Å². The third-order valence-corrected chi connectivity index (χ3v) is 7.02. The van der Waals surface area contributed by atoms with Gasteiger partial charge < -0.3 is 40.9 Å². The van der Waals surface area contributed by atoms with Crippen LogP contribution in [0.5, 0.6) is 0 Å². The molecule has 0 spiro atoms. The molecule has 0 aliphatic carbocycles. The van der Waals surface area contributed by atoms with Gasteiger partial charge in [0.25, 0.3) is 0 Å². The summed E-state index contributed by atoms with van der Waals surface area (Å²) in [6.07, 6.45) is -2.29. The summed E-state index contributed by atoms with van der Waals surface area (Å²) in [6.45, 7) is 2.32. The molecule has 192 valence electrons. The lowest BCUT2D eigenvalue weighted by Crippen LogP contribution is -2.35. The summed E-state index contributed by atoms with van der Waals surface area (Å²) in [4.78, 5) is 0.304. The highest BCUT2D eigenvalue weighted by molar-refractivity contribution is 7.83. The Morgan fingerprint density at radius 3 is 1.70 bits per heavy atom. The smallest absolute Gasteiger partial charge is 0.190 e. The highest BCUT2D eigenvalue weighted by Crippen LogP contribution is 2.46. The lowest BCUT2D eigenvalue weighted by atomic mass is 9.80. The minimum absolute atomic E-state index is 0.0668. The predicted octanol–water partition coefficient (Wildman–Crippen LogP) is 1.49. The number of hydrogen-bond acceptors (Lipinski definition) is 10. The summed E-state index contributed by atoms with van der Waals surface area (Å²) in [6, 6.07) is 0. The second-order valence-electron chi connectivity index (χ2n) is 8.50. The zero-order valence-electron chi connectivity index (χ0n) is 19.4. The van der Waals surface area contributed by atoms with Crippen molar-refractivity contribution in [2.24, 2.45) is 0 Å². The van der Waals surface area contributed by atoms with Gasteiger partial charge in [-0.05, 0) is 30.4 Å². The van der Waals surface area contributed by atoms with Crippen LogP contribution in [0.2, 0.25) is 0 Å². The second kappa shape index (κ2) is 14.2. The maximum Gasteiger partial charge on any atom is 0.190 e. The van der Waals surface area contributed by atoms with Crippen LogP contribution in [0.3, 0.4) is 0 Å². The topological polar surface area (TPSA) is 162 Å². The minimum Gasteiger partial charge on any atom is -0.394 e. The zero-order chi connectivity index (χ0) is 25.3. The van der Waals surface area contributed by atoms with Gasteiger partial charge in [-0.1, -0.05) is 39.5 Å². The van der Waals surface area contributed by atoms with Gasteiger partial charge in [0.05, 0.1) is 13.2 Å². The van der Waals surface area contributed by atoms with E-state index in [0.717, 1.165) is 25.7 Å². The Morgan fingerprint density at radius 2 is 1.21 bits per heavy atom. The van der Waals surface area contributed by atoms with Crippen LogP contribution in [0.25, 0.3) is 0 Å². The van der Waals surface area contributed by atoms with E-state index in [-0.39, 0.29) is 32.9 Å². The van der Waals surface area contributed by atoms with E-state index in [1.807, 2.05) is 13.8 Å². The van der Waals surface area contributed by atoms with Crippen molar-refractivity contribution in [2.45, 2.75) is 105 Å². The van der Waals surface area contributed by atoms with Crippen molar-refractivity contribution in [3.05, 3.63) is 22.3 Å². The van der Waals surface area contributed by atoms with Gasteiger partial charge in [0.15, 0.2) is 5.79 Å². The highest BCUT2D eigenvalue weighted by Gasteiger charge is 2.40. The van der Waals surface area contributed by atoms with Crippen molar-refractivity contribution in [1.29, 1.82) is 0 Å². The van der Waals surface area contributed by atoms with E-state index >= 15 is 0 Å². The van der Waals surface area contributed by atoms with Crippen LogP contribution in [-0.2, 0) is 12.2 Å². The Balaban J connectivity index is 4.00. The molecule has 0 aromatic heterocycles. The summed E-state index contributed by atoms with van der Waals surface area (Å²) < 4.78 is 0. The van der Waals surface area contributed by atoms with Gasteiger partial charge in [0.1, 0.15) is 24.4 Å². The number of benzene rings is 1. The third-order valence-electron chi connectivity index (χ3n) is 5.88. The van der Waals surface area contributed by atoms with E-state index in [0.29, 0.717) is 24.8 Å². The number of unbranched alkanes of at least 4 members (excludes halogenated alkanes) is 4. The molecule has 4 atom stereocenters. The lowest BCUT2D eigenvalue weighted by Gasteiger charge is -2.35. The maximum atomic E-state index is 11.2. The lowest BCUT2D eigenvalue weighted by molar-refractivity contribution is -0.178. The molecule has 1 rings (SSSR count). The highest BCUT2D eigenvalue weighted by atomic mass is 32.1. The first-order chi connectivity index (χ1) is 15.5. The fraction of sp³-hybridized carbons (Fsp3) is 0.739. The fourth-order valence-electron chi connectivity index (χ4n) is 4.00. The van der Waals surface area contributed by atoms with Gasteiger partial charge in [-0.15, -0.1) is 25.3 Å². The van der Waals surface area contributed by atoms with Gasteiger partial charge in [-0.25, -0.2) is 0 Å². The van der Waals surface area contributed by atoms with Crippen molar-refractivity contribution in [1.82, 2.24) is 0 Å². The number of aliphatic hydroxyl groups excluding tert-OH is 6. The molecule has 0 heterocycles. The van der Waals surface area contributed by atoms with E-state index in [1.54, 1.807) is 0 Å². The van der Waals surface area contributed by atoms with E-state index in [1.165, 1.54) is 0 Å². The van der Waals surface area contributed by atoms with E-state index in [2.05, 4.69) is 25.3 Å². The van der Waals surface area contributed by atoms with Crippen LogP contribution in [0.1, 0.15) is 93.3 Å². The standard InChI is InChI=1S/C23H40O8S2/c1-3-5-7-9-13-18(23(30,31)10-8-6-4-2)16(19(28)14(26)11-24)17(22(33)21(13)32)20(29)15(27)12-25/h14-15,19-20,24-33H,3-12H2,1-2H3. The molecule has 0 fully saturated rings. The maximum absolute atomic E-state index is 11.2. The number of rotatable bonds is 15. The average molecular weight is 509 g/mol. The van der Waals surface area contributed by atoms with Crippen LogP contribution in [0.15, 0.2) is 9.79 Å². The Morgan fingerprint density at radius 1 is 0.727 bits per heavy atom. The quantitative estimate of drug-likeness (QED) is 0.0968. The van der Waals surface area contributed by atoms with Crippen molar-refractivity contribution in [2.75, 3.05) is 13.2 Å². The van der Waals surface area contributed by atoms with Crippen molar-refractivity contribution in [3.8, 4) is 0 Å². The number of hydrogen-bond donors (Lipinski definition) is 10. The summed E-state index contributed by atoms with van der Waals surface area (Å²) in [5, 5.41) is 83.4. The molecule has 0 bridgehead atoms. The molecule has 8 N–H and O–H groups in total. The molecular formula is C23H40O8S2. The Labute approximate surface area is 206 Å². The summed E-state index contributed by atoms with van der Waals surface area (Å²) >= 11 is 8.97. The van der Waals surface area contributed by atoms with Crippen LogP contribution in [0, 0.1) is 0 Å². The molecule has 0 amide bonds. The number of aliphatic hydroxyl groups is 8. The van der Waals surface area contributed by atoms with Gasteiger partial charge in [-0.3, -0.25) is 0 Å². The first-order valence-electron chi connectivity index (χ1n) is 11.5. The van der Waals surface area contributed by atoms with Crippen molar-refractivity contribution < 1.29 is 40.9 Å². The van der Waals surface area contributed by atoms with E-state index < -0.39 is 43.4 Å². The predicted molar refractivity (Wildman–Crippen MR) is 131 cm³/mol. The molecule has 1 aromatic carbocycles. The van der Waals surface area contributed by atoms with Crippen LogP contribution < -0.4 is 0 Å². The molecule has 0 radical (unpaired) electrons. The molecule has 0 saturated carbocycles. The van der Waals surface area contributed by atoms with Gasteiger partial charge in [-0.2, -0.15) is 0 Å². The third kappa shape index (κ3) is 7.54. The molecule has 0 aliphatic rings.